The summed E-state index contributed by atoms with van der Waals surface area (Å²) in [4.78, 5) is 2.54. The number of likely N-dealkylation sites (tertiary alicyclic amines) is 1. The molecule has 0 aromatic heterocycles. The molecule has 15 heavy (non-hydrogen) atoms. The van der Waals surface area contributed by atoms with Gasteiger partial charge in [0.05, 0.1) is 6.61 Å². The summed E-state index contributed by atoms with van der Waals surface area (Å²) in [5, 5.41) is 3.51. The Morgan fingerprint density at radius 2 is 2.07 bits per heavy atom. The molecule has 2 saturated heterocycles. The number of halogens is 1. The highest BCUT2D eigenvalue weighted by atomic mass is 35.5. The van der Waals surface area contributed by atoms with E-state index in [4.69, 9.17) is 4.74 Å². The van der Waals surface area contributed by atoms with Crippen molar-refractivity contribution in [3.8, 4) is 0 Å². The van der Waals surface area contributed by atoms with Crippen LogP contribution in [0.4, 0.5) is 0 Å². The molecule has 0 amide bonds. The van der Waals surface area contributed by atoms with E-state index in [2.05, 4.69) is 24.1 Å². The lowest BCUT2D eigenvalue weighted by Gasteiger charge is -2.26. The molecule has 0 radical (unpaired) electrons. The van der Waals surface area contributed by atoms with Crippen molar-refractivity contribution in [3.05, 3.63) is 0 Å². The van der Waals surface area contributed by atoms with Gasteiger partial charge in [-0.3, -0.25) is 5.32 Å². The monoisotopic (exact) mass is 234 g/mol. The number of hydrogen-bond acceptors (Lipinski definition) is 3. The Morgan fingerprint density at radius 3 is 2.60 bits per heavy atom. The summed E-state index contributed by atoms with van der Waals surface area (Å²) in [7, 11) is 0. The van der Waals surface area contributed by atoms with Crippen LogP contribution in [-0.4, -0.2) is 42.9 Å². The van der Waals surface area contributed by atoms with Crippen LogP contribution in [-0.2, 0) is 4.74 Å². The maximum Gasteiger partial charge on any atom is 0.117 e. The van der Waals surface area contributed by atoms with Gasteiger partial charge < -0.3 is 9.64 Å². The summed E-state index contributed by atoms with van der Waals surface area (Å²) in [5.41, 5.74) is -0.0675. The van der Waals surface area contributed by atoms with Crippen LogP contribution in [0.15, 0.2) is 0 Å². The van der Waals surface area contributed by atoms with Crippen molar-refractivity contribution in [1.29, 1.82) is 0 Å². The van der Waals surface area contributed by atoms with Gasteiger partial charge in [-0.25, -0.2) is 0 Å². The van der Waals surface area contributed by atoms with Crippen LogP contribution in [0.2, 0.25) is 0 Å². The van der Waals surface area contributed by atoms with Gasteiger partial charge in [0.1, 0.15) is 5.72 Å². The third-order valence-corrected chi connectivity index (χ3v) is 3.31. The number of nitrogens with one attached hydrogen (secondary N) is 1. The van der Waals surface area contributed by atoms with E-state index in [0.717, 1.165) is 13.0 Å². The largest absolute Gasteiger partial charge is 0.359 e. The van der Waals surface area contributed by atoms with Crippen molar-refractivity contribution in [3.63, 3.8) is 0 Å². The smallest absolute Gasteiger partial charge is 0.117 e. The van der Waals surface area contributed by atoms with Crippen molar-refractivity contribution in [2.24, 2.45) is 0 Å². The quantitative estimate of drug-likeness (QED) is 0.803. The normalized spacial score (nSPS) is 36.8. The predicted octanol–water partition coefficient (Wildman–Crippen LogP) is 1.62. The lowest BCUT2D eigenvalue weighted by molar-refractivity contribution is -0.00648. The van der Waals surface area contributed by atoms with Crippen LogP contribution < -0.4 is 5.32 Å². The van der Waals surface area contributed by atoms with Gasteiger partial charge in [-0.15, -0.1) is 12.4 Å². The summed E-state index contributed by atoms with van der Waals surface area (Å²) < 4.78 is 5.77. The Labute approximate surface area is 99.0 Å². The van der Waals surface area contributed by atoms with Crippen LogP contribution in [0, 0.1) is 0 Å². The predicted molar refractivity (Wildman–Crippen MR) is 64.5 cm³/mol. The fourth-order valence-corrected chi connectivity index (χ4v) is 2.44. The second kappa shape index (κ2) is 5.48. The minimum absolute atomic E-state index is 0. The van der Waals surface area contributed by atoms with E-state index < -0.39 is 0 Å². The zero-order valence-corrected chi connectivity index (χ0v) is 10.6. The summed E-state index contributed by atoms with van der Waals surface area (Å²) in [5.74, 6) is 0. The highest BCUT2D eigenvalue weighted by molar-refractivity contribution is 5.85. The van der Waals surface area contributed by atoms with Crippen LogP contribution in [0.5, 0.6) is 0 Å². The fourth-order valence-electron chi connectivity index (χ4n) is 2.44. The van der Waals surface area contributed by atoms with Crippen LogP contribution in [0.25, 0.3) is 0 Å². The van der Waals surface area contributed by atoms with Gasteiger partial charge in [0.2, 0.25) is 0 Å². The van der Waals surface area contributed by atoms with Gasteiger partial charge >= 0.3 is 0 Å². The molecule has 2 unspecified atom stereocenters. The lowest BCUT2D eigenvalue weighted by atomic mass is 10.1. The highest BCUT2D eigenvalue weighted by Crippen LogP contribution is 2.20. The SMILES string of the molecule is CC1COC(C)(CCN2CCCC2)N1.Cl. The first-order valence-corrected chi connectivity index (χ1v) is 5.82. The summed E-state index contributed by atoms with van der Waals surface area (Å²) in [6.07, 6.45) is 3.86. The Hall–Kier alpha value is 0.170. The van der Waals surface area contributed by atoms with Gasteiger partial charge in [0.25, 0.3) is 0 Å². The van der Waals surface area contributed by atoms with E-state index in [1.165, 1.54) is 32.5 Å². The Morgan fingerprint density at radius 1 is 1.40 bits per heavy atom. The third-order valence-electron chi connectivity index (χ3n) is 3.31. The van der Waals surface area contributed by atoms with Gasteiger partial charge in [-0.05, 0) is 39.8 Å². The molecule has 2 fully saturated rings. The van der Waals surface area contributed by atoms with Gasteiger partial charge in [0.15, 0.2) is 0 Å². The molecule has 3 nitrogen and oxygen atoms in total. The average molecular weight is 235 g/mol. The number of nitrogens with zero attached hydrogens (tertiary/aromatic N) is 1. The molecule has 0 aliphatic carbocycles. The molecule has 2 heterocycles. The van der Waals surface area contributed by atoms with Crippen molar-refractivity contribution >= 4 is 12.4 Å². The lowest BCUT2D eigenvalue weighted by Crippen LogP contribution is -2.43. The molecule has 2 aliphatic rings. The molecule has 0 aromatic carbocycles. The first kappa shape index (κ1) is 13.2. The van der Waals surface area contributed by atoms with Gasteiger partial charge in [-0.2, -0.15) is 0 Å². The van der Waals surface area contributed by atoms with E-state index in [-0.39, 0.29) is 18.1 Å². The Balaban J connectivity index is 0.00000112. The Kier molecular flexibility index (Phi) is 4.84. The van der Waals surface area contributed by atoms with Crippen molar-refractivity contribution in [1.82, 2.24) is 10.2 Å². The molecule has 90 valence electrons. The molecule has 2 aliphatic heterocycles. The zero-order chi connectivity index (χ0) is 10.0. The molecular weight excluding hydrogens is 212 g/mol. The molecular formula is C11H23ClN2O. The van der Waals surface area contributed by atoms with Gasteiger partial charge in [0, 0.05) is 19.0 Å². The molecule has 1 N–H and O–H groups in total. The molecule has 2 rings (SSSR count). The standard InChI is InChI=1S/C11H22N2O.ClH/c1-10-9-14-11(2,12-10)5-8-13-6-3-4-7-13;/h10,12H,3-9H2,1-2H3;1H. The van der Waals surface area contributed by atoms with Crippen LogP contribution in [0.1, 0.15) is 33.1 Å². The van der Waals surface area contributed by atoms with Crippen molar-refractivity contribution in [2.45, 2.75) is 44.9 Å². The minimum Gasteiger partial charge on any atom is -0.359 e. The minimum atomic E-state index is -0.0675. The van der Waals surface area contributed by atoms with Crippen LogP contribution in [0.3, 0.4) is 0 Å². The first-order chi connectivity index (χ1) is 6.68. The second-order valence-corrected chi connectivity index (χ2v) is 4.89. The van der Waals surface area contributed by atoms with E-state index in [9.17, 15) is 0 Å². The van der Waals surface area contributed by atoms with Crippen LogP contribution >= 0.6 is 12.4 Å². The number of rotatable bonds is 3. The maximum atomic E-state index is 5.77. The highest BCUT2D eigenvalue weighted by Gasteiger charge is 2.33. The fraction of sp³-hybridized carbons (Fsp3) is 1.00. The molecule has 0 aromatic rings. The summed E-state index contributed by atoms with van der Waals surface area (Å²) in [6.45, 7) is 8.96. The van der Waals surface area contributed by atoms with E-state index >= 15 is 0 Å². The molecule has 0 spiro atoms. The number of hydrogen-bond donors (Lipinski definition) is 1. The summed E-state index contributed by atoms with van der Waals surface area (Å²) >= 11 is 0. The molecule has 0 bridgehead atoms. The molecule has 2 atom stereocenters. The molecule has 0 saturated carbocycles. The van der Waals surface area contributed by atoms with Gasteiger partial charge in [-0.1, -0.05) is 0 Å². The van der Waals surface area contributed by atoms with Crippen molar-refractivity contribution in [2.75, 3.05) is 26.2 Å². The topological polar surface area (TPSA) is 24.5 Å². The average Bonchev–Trinajstić information content (AvgIpc) is 2.73. The van der Waals surface area contributed by atoms with E-state index in [0.29, 0.717) is 6.04 Å². The maximum absolute atomic E-state index is 5.77. The zero-order valence-electron chi connectivity index (χ0n) is 9.79. The Bertz CT molecular complexity index is 197. The molecule has 4 heteroatoms. The van der Waals surface area contributed by atoms with E-state index in [1.54, 1.807) is 0 Å². The van der Waals surface area contributed by atoms with Crippen molar-refractivity contribution < 1.29 is 4.74 Å². The van der Waals surface area contributed by atoms with E-state index in [1.807, 2.05) is 0 Å². The second-order valence-electron chi connectivity index (χ2n) is 4.89. The summed E-state index contributed by atoms with van der Waals surface area (Å²) in [6, 6.07) is 0.513. The first-order valence-electron chi connectivity index (χ1n) is 5.82. The number of ether oxygens (including phenoxy) is 1. The third kappa shape index (κ3) is 3.59.